The van der Waals surface area contributed by atoms with Crippen molar-refractivity contribution in [1.29, 1.82) is 0 Å². The van der Waals surface area contributed by atoms with Crippen LogP contribution in [0.4, 0.5) is 10.1 Å². The summed E-state index contributed by atoms with van der Waals surface area (Å²) in [6, 6.07) is 15.3. The Balaban J connectivity index is 1.30. The maximum atomic E-state index is 15.7. The number of fused-ring (bicyclic) bond motifs is 1. The van der Waals surface area contributed by atoms with Gasteiger partial charge >= 0.3 is 5.97 Å². The number of aromatic carboxylic acids is 1. The van der Waals surface area contributed by atoms with Gasteiger partial charge in [0, 0.05) is 36.3 Å². The minimum atomic E-state index is -1.03. The number of methoxy groups -OCH3 is 1. The zero-order valence-electron chi connectivity index (χ0n) is 22.9. The SMILES string of the molecule is COc1ccc(N2CCCC2=O)cc1COc1ccc(-c2nc3cc(C(=O)O)ccc3n2C2CCCCC2)c(F)c1. The molecular weight excluding hydrogens is 525 g/mol. The van der Waals surface area contributed by atoms with Crippen LogP contribution in [-0.2, 0) is 11.4 Å². The second-order valence-electron chi connectivity index (χ2n) is 10.7. The maximum Gasteiger partial charge on any atom is 0.335 e. The predicted molar refractivity (Wildman–Crippen MR) is 153 cm³/mol. The number of ether oxygens (including phenoxy) is 2. The Bertz CT molecular complexity index is 1630. The van der Waals surface area contributed by atoms with Crippen LogP contribution in [-0.4, -0.2) is 40.2 Å². The molecule has 0 spiro atoms. The lowest BCUT2D eigenvalue weighted by Crippen LogP contribution is -2.23. The highest BCUT2D eigenvalue weighted by atomic mass is 19.1. The Morgan fingerprint density at radius 1 is 1.05 bits per heavy atom. The first-order chi connectivity index (χ1) is 19.9. The average molecular weight is 558 g/mol. The van der Waals surface area contributed by atoms with Crippen molar-refractivity contribution < 1.29 is 28.6 Å². The van der Waals surface area contributed by atoms with Gasteiger partial charge in [0.25, 0.3) is 0 Å². The number of carbonyl (C=O) groups excluding carboxylic acids is 1. The van der Waals surface area contributed by atoms with Crippen LogP contribution >= 0.6 is 0 Å². The Morgan fingerprint density at radius 2 is 1.88 bits per heavy atom. The van der Waals surface area contributed by atoms with Crippen LogP contribution in [0.1, 0.15) is 66.9 Å². The Morgan fingerprint density at radius 3 is 2.59 bits per heavy atom. The fourth-order valence-corrected chi connectivity index (χ4v) is 6.03. The van der Waals surface area contributed by atoms with Gasteiger partial charge in [-0.1, -0.05) is 19.3 Å². The van der Waals surface area contributed by atoms with Crippen LogP contribution in [0.2, 0.25) is 0 Å². The molecule has 1 aliphatic heterocycles. The normalized spacial score (nSPS) is 16.0. The number of halogens is 1. The van der Waals surface area contributed by atoms with Gasteiger partial charge in [0.1, 0.15) is 29.7 Å². The van der Waals surface area contributed by atoms with Crippen LogP contribution in [0.25, 0.3) is 22.4 Å². The van der Waals surface area contributed by atoms with Gasteiger partial charge in [-0.3, -0.25) is 4.79 Å². The number of carbonyl (C=O) groups is 2. The van der Waals surface area contributed by atoms with Gasteiger partial charge in [-0.2, -0.15) is 0 Å². The van der Waals surface area contributed by atoms with E-state index in [9.17, 15) is 14.7 Å². The van der Waals surface area contributed by atoms with Gasteiger partial charge < -0.3 is 24.0 Å². The lowest BCUT2D eigenvalue weighted by Gasteiger charge is -2.25. The number of hydrogen-bond donors (Lipinski definition) is 1. The van der Waals surface area contributed by atoms with Crippen LogP contribution in [0.15, 0.2) is 54.6 Å². The monoisotopic (exact) mass is 557 g/mol. The summed E-state index contributed by atoms with van der Waals surface area (Å²) < 4.78 is 29.3. The molecule has 0 atom stereocenters. The molecule has 6 rings (SSSR count). The molecule has 2 aliphatic rings. The maximum absolute atomic E-state index is 15.7. The fourth-order valence-electron chi connectivity index (χ4n) is 6.03. The molecule has 8 nitrogen and oxygen atoms in total. The van der Waals surface area contributed by atoms with Crippen LogP contribution in [0, 0.1) is 5.82 Å². The minimum absolute atomic E-state index is 0.0955. The molecule has 4 aromatic rings. The van der Waals surface area contributed by atoms with E-state index in [1.807, 2.05) is 18.2 Å². The smallest absolute Gasteiger partial charge is 0.335 e. The third-order valence-corrected chi connectivity index (χ3v) is 8.10. The topological polar surface area (TPSA) is 93.9 Å². The Hall–Kier alpha value is -4.40. The lowest BCUT2D eigenvalue weighted by atomic mass is 9.94. The van der Waals surface area contributed by atoms with E-state index in [0.717, 1.165) is 48.9 Å². The van der Waals surface area contributed by atoms with E-state index >= 15 is 4.39 Å². The van der Waals surface area contributed by atoms with Crippen molar-refractivity contribution in [2.24, 2.45) is 0 Å². The minimum Gasteiger partial charge on any atom is -0.496 e. The number of carboxylic acid groups (broad SMARTS) is 1. The molecule has 9 heteroatoms. The summed E-state index contributed by atoms with van der Waals surface area (Å²) in [5, 5.41) is 9.47. The first kappa shape index (κ1) is 26.8. The summed E-state index contributed by atoms with van der Waals surface area (Å²) in [4.78, 5) is 30.3. The lowest BCUT2D eigenvalue weighted by molar-refractivity contribution is -0.117. The molecule has 212 valence electrons. The van der Waals surface area contributed by atoms with Crippen molar-refractivity contribution in [3.63, 3.8) is 0 Å². The largest absolute Gasteiger partial charge is 0.496 e. The number of carboxylic acids is 1. The molecule has 0 unspecified atom stereocenters. The third-order valence-electron chi connectivity index (χ3n) is 8.10. The second kappa shape index (κ2) is 11.2. The number of rotatable bonds is 8. The highest BCUT2D eigenvalue weighted by Gasteiger charge is 2.25. The molecule has 1 N–H and O–H groups in total. The number of imidazole rings is 1. The number of amides is 1. The zero-order valence-corrected chi connectivity index (χ0v) is 22.9. The Labute approximate surface area is 237 Å². The van der Waals surface area contributed by atoms with E-state index in [0.29, 0.717) is 41.4 Å². The van der Waals surface area contributed by atoms with E-state index in [4.69, 9.17) is 14.5 Å². The van der Waals surface area contributed by atoms with Crippen molar-refractivity contribution in [2.45, 2.75) is 57.6 Å². The third kappa shape index (κ3) is 5.24. The van der Waals surface area contributed by atoms with Crippen molar-refractivity contribution in [3.05, 3.63) is 71.5 Å². The molecule has 41 heavy (non-hydrogen) atoms. The molecule has 1 saturated heterocycles. The molecule has 3 aromatic carbocycles. The molecule has 2 fully saturated rings. The molecular formula is C32H32FN3O5. The van der Waals surface area contributed by atoms with Gasteiger partial charge in [-0.15, -0.1) is 0 Å². The second-order valence-corrected chi connectivity index (χ2v) is 10.7. The number of benzene rings is 3. The van der Waals surface area contributed by atoms with Gasteiger partial charge in [0.2, 0.25) is 5.91 Å². The highest BCUT2D eigenvalue weighted by Crippen LogP contribution is 2.38. The number of hydrogen-bond acceptors (Lipinski definition) is 5. The number of nitrogens with zero attached hydrogens (tertiary/aromatic N) is 3. The quantitative estimate of drug-likeness (QED) is 0.257. The molecule has 1 aliphatic carbocycles. The molecule has 1 amide bonds. The van der Waals surface area contributed by atoms with Crippen molar-refractivity contribution in [1.82, 2.24) is 9.55 Å². The van der Waals surface area contributed by atoms with Crippen LogP contribution in [0.3, 0.4) is 0 Å². The van der Waals surface area contributed by atoms with Gasteiger partial charge in [0.05, 0.1) is 29.3 Å². The molecule has 1 saturated carbocycles. The van der Waals surface area contributed by atoms with E-state index in [1.54, 1.807) is 42.3 Å². The van der Waals surface area contributed by atoms with Crippen molar-refractivity contribution in [2.75, 3.05) is 18.6 Å². The van der Waals surface area contributed by atoms with E-state index in [-0.39, 0.29) is 24.1 Å². The molecule has 2 heterocycles. The fraction of sp³-hybridized carbons (Fsp3) is 0.344. The summed E-state index contributed by atoms with van der Waals surface area (Å²) >= 11 is 0. The van der Waals surface area contributed by atoms with E-state index in [1.165, 1.54) is 12.5 Å². The number of anilines is 1. The van der Waals surface area contributed by atoms with Gasteiger partial charge in [-0.25, -0.2) is 14.2 Å². The Kier molecular flexibility index (Phi) is 7.34. The summed E-state index contributed by atoms with van der Waals surface area (Å²) in [5.41, 5.74) is 3.37. The van der Waals surface area contributed by atoms with Gasteiger partial charge in [0.15, 0.2) is 0 Å². The first-order valence-electron chi connectivity index (χ1n) is 14.1. The van der Waals surface area contributed by atoms with Crippen LogP contribution < -0.4 is 14.4 Å². The van der Waals surface area contributed by atoms with E-state index in [2.05, 4.69) is 4.57 Å². The summed E-state index contributed by atoms with van der Waals surface area (Å²) in [6.45, 7) is 0.817. The standard InChI is InChI=1S/C32H32FN3O5/c1-40-29-14-10-23(35-15-5-8-30(35)37)16-21(29)19-41-24-11-12-25(26(33)18-24)31-34-27-17-20(32(38)39)9-13-28(27)36(31)22-6-3-2-4-7-22/h9-14,16-18,22H,2-8,15,19H2,1H3,(H,38,39). The first-order valence-corrected chi connectivity index (χ1v) is 14.1. The molecule has 1 aromatic heterocycles. The summed E-state index contributed by atoms with van der Waals surface area (Å²) in [7, 11) is 1.58. The van der Waals surface area contributed by atoms with Crippen LogP contribution in [0.5, 0.6) is 11.5 Å². The van der Waals surface area contributed by atoms with Crippen molar-refractivity contribution >= 4 is 28.6 Å². The molecule has 0 bridgehead atoms. The average Bonchev–Trinajstić information content (AvgIpc) is 3.59. The van der Waals surface area contributed by atoms with Gasteiger partial charge in [-0.05, 0) is 67.8 Å². The number of aromatic nitrogens is 2. The highest BCUT2D eigenvalue weighted by molar-refractivity contribution is 5.95. The summed E-state index contributed by atoms with van der Waals surface area (Å²) in [5.74, 6) is 0.0596. The zero-order chi connectivity index (χ0) is 28.5. The predicted octanol–water partition coefficient (Wildman–Crippen LogP) is 6.76. The van der Waals surface area contributed by atoms with Crippen molar-refractivity contribution in [3.8, 4) is 22.9 Å². The summed E-state index contributed by atoms with van der Waals surface area (Å²) in [6.07, 6.45) is 6.64. The van der Waals surface area contributed by atoms with E-state index < -0.39 is 11.8 Å². The molecule has 0 radical (unpaired) electrons.